The summed E-state index contributed by atoms with van der Waals surface area (Å²) in [6.45, 7) is 2.14. The lowest BCUT2D eigenvalue weighted by atomic mass is 9.96. The van der Waals surface area contributed by atoms with Gasteiger partial charge in [0, 0.05) is 23.7 Å². The van der Waals surface area contributed by atoms with Crippen LogP contribution in [0.1, 0.15) is 87.9 Å². The average Bonchev–Trinajstić information content (AvgIpc) is 3.68. The summed E-state index contributed by atoms with van der Waals surface area (Å²) in [6.07, 6.45) is 18.3. The van der Waals surface area contributed by atoms with E-state index in [1.165, 1.54) is 86.8 Å². The molecular formula is C29H38N6S2. The highest BCUT2D eigenvalue weighted by Crippen LogP contribution is 2.51. The molecule has 4 aliphatic carbocycles. The van der Waals surface area contributed by atoms with Crippen LogP contribution in [-0.2, 0) is 0 Å². The van der Waals surface area contributed by atoms with Gasteiger partial charge in [-0.2, -0.15) is 16.7 Å². The molecule has 0 saturated heterocycles. The maximum atomic E-state index is 5.19. The zero-order valence-electron chi connectivity index (χ0n) is 22.1. The fourth-order valence-corrected chi connectivity index (χ4v) is 8.73. The van der Waals surface area contributed by atoms with E-state index >= 15 is 0 Å². The van der Waals surface area contributed by atoms with Crippen LogP contribution in [-0.4, -0.2) is 43.5 Å². The fourth-order valence-electron chi connectivity index (χ4n) is 6.88. The van der Waals surface area contributed by atoms with Gasteiger partial charge in [-0.25, -0.2) is 9.97 Å². The number of rotatable bonds is 9. The number of pyridine rings is 1. The van der Waals surface area contributed by atoms with E-state index in [4.69, 9.17) is 19.9 Å². The Morgan fingerprint density at radius 3 is 2.65 bits per heavy atom. The molecule has 0 bridgehead atoms. The molecule has 3 aromatic heterocycles. The number of thiazole rings is 1. The molecule has 0 amide bonds. The third-order valence-corrected chi connectivity index (χ3v) is 11.0. The minimum Gasteiger partial charge on any atom is -0.367 e. The number of hydrogen-bond donors (Lipinski definition) is 2. The fraction of sp³-hybridized carbons (Fsp3) is 0.655. The van der Waals surface area contributed by atoms with E-state index in [1.807, 2.05) is 18.0 Å². The average molecular weight is 535 g/mol. The Labute approximate surface area is 228 Å². The van der Waals surface area contributed by atoms with Gasteiger partial charge in [-0.15, -0.1) is 11.3 Å². The van der Waals surface area contributed by atoms with Gasteiger partial charge in [-0.05, 0) is 94.6 Å². The van der Waals surface area contributed by atoms with E-state index in [2.05, 4.69) is 29.9 Å². The summed E-state index contributed by atoms with van der Waals surface area (Å²) in [7, 11) is 0. The Balaban J connectivity index is 1.25. The van der Waals surface area contributed by atoms with Crippen molar-refractivity contribution in [2.24, 2.45) is 11.8 Å². The van der Waals surface area contributed by atoms with Crippen molar-refractivity contribution in [3.8, 4) is 10.6 Å². The van der Waals surface area contributed by atoms with Crippen LogP contribution in [0.5, 0.6) is 0 Å². The SMILES string of the molecule is CSCC1CCC(Nc2nc(NC3(C4CCCC4)CC3)nc(C)c2-c2nc3c(C4CC4)nccc3s2)C1. The summed E-state index contributed by atoms with van der Waals surface area (Å²) in [5, 5.41) is 8.77. The first-order valence-corrected chi connectivity index (χ1v) is 16.5. The number of nitrogens with one attached hydrogen (secondary N) is 2. The quantitative estimate of drug-likeness (QED) is 0.296. The van der Waals surface area contributed by atoms with Gasteiger partial charge in [-0.1, -0.05) is 12.8 Å². The molecule has 7 rings (SSSR count). The van der Waals surface area contributed by atoms with Crippen LogP contribution in [0, 0.1) is 18.8 Å². The summed E-state index contributed by atoms with van der Waals surface area (Å²) in [4.78, 5) is 20.1. The van der Waals surface area contributed by atoms with Crippen LogP contribution >= 0.6 is 23.1 Å². The highest BCUT2D eigenvalue weighted by atomic mass is 32.2. The highest BCUT2D eigenvalue weighted by molar-refractivity contribution is 7.98. The molecule has 196 valence electrons. The normalized spacial score (nSPS) is 25.1. The first kappa shape index (κ1) is 24.1. The van der Waals surface area contributed by atoms with Crippen LogP contribution in [0.25, 0.3) is 20.8 Å². The summed E-state index contributed by atoms with van der Waals surface area (Å²) in [5.41, 5.74) is 4.57. The van der Waals surface area contributed by atoms with Crippen molar-refractivity contribution < 1.29 is 0 Å². The van der Waals surface area contributed by atoms with Crippen molar-refractivity contribution in [2.75, 3.05) is 22.6 Å². The number of anilines is 2. The molecular weight excluding hydrogens is 496 g/mol. The van der Waals surface area contributed by atoms with E-state index in [-0.39, 0.29) is 5.54 Å². The zero-order chi connectivity index (χ0) is 25.0. The van der Waals surface area contributed by atoms with E-state index < -0.39 is 0 Å². The molecule has 37 heavy (non-hydrogen) atoms. The summed E-state index contributed by atoms with van der Waals surface area (Å²) in [6, 6.07) is 2.57. The minimum absolute atomic E-state index is 0.221. The van der Waals surface area contributed by atoms with E-state index in [1.54, 1.807) is 11.3 Å². The molecule has 0 aliphatic heterocycles. The monoisotopic (exact) mass is 534 g/mol. The summed E-state index contributed by atoms with van der Waals surface area (Å²) in [5.74, 6) is 5.16. The number of aryl methyl sites for hydroxylation is 1. The summed E-state index contributed by atoms with van der Waals surface area (Å²) < 4.78 is 1.22. The van der Waals surface area contributed by atoms with Crippen LogP contribution in [0.4, 0.5) is 11.8 Å². The second-order valence-electron chi connectivity index (χ2n) is 11.9. The van der Waals surface area contributed by atoms with Gasteiger partial charge >= 0.3 is 0 Å². The minimum atomic E-state index is 0.221. The van der Waals surface area contributed by atoms with E-state index in [0.29, 0.717) is 12.0 Å². The molecule has 0 aromatic carbocycles. The number of aromatic nitrogens is 4. The Hall–Kier alpha value is -1.93. The van der Waals surface area contributed by atoms with Crippen molar-refractivity contribution in [1.29, 1.82) is 0 Å². The molecule has 0 radical (unpaired) electrons. The molecule has 8 heteroatoms. The van der Waals surface area contributed by atoms with Crippen molar-refractivity contribution in [3.05, 3.63) is 23.7 Å². The smallest absolute Gasteiger partial charge is 0.225 e. The van der Waals surface area contributed by atoms with Gasteiger partial charge in [0.25, 0.3) is 0 Å². The first-order valence-electron chi connectivity index (χ1n) is 14.3. The van der Waals surface area contributed by atoms with Crippen LogP contribution in [0.2, 0.25) is 0 Å². The van der Waals surface area contributed by atoms with Crippen molar-refractivity contribution in [1.82, 2.24) is 19.9 Å². The number of fused-ring (bicyclic) bond motifs is 1. The maximum absolute atomic E-state index is 5.19. The zero-order valence-corrected chi connectivity index (χ0v) is 23.7. The van der Waals surface area contributed by atoms with Crippen LogP contribution in [0.15, 0.2) is 12.3 Å². The lowest BCUT2D eigenvalue weighted by molar-refractivity contribution is 0.439. The second-order valence-corrected chi connectivity index (χ2v) is 13.9. The van der Waals surface area contributed by atoms with Crippen LogP contribution in [0.3, 0.4) is 0 Å². The third kappa shape index (κ3) is 4.73. The first-order chi connectivity index (χ1) is 18.1. The van der Waals surface area contributed by atoms with E-state index in [0.717, 1.165) is 45.4 Å². The molecule has 0 spiro atoms. The van der Waals surface area contributed by atoms with Crippen molar-refractivity contribution >= 4 is 45.1 Å². The Bertz CT molecular complexity index is 1290. The number of nitrogens with zero attached hydrogens (tertiary/aromatic N) is 4. The molecule has 2 atom stereocenters. The summed E-state index contributed by atoms with van der Waals surface area (Å²) >= 11 is 3.73. The van der Waals surface area contributed by atoms with E-state index in [9.17, 15) is 0 Å². The molecule has 2 unspecified atom stereocenters. The Kier molecular flexibility index (Phi) is 6.31. The molecule has 4 saturated carbocycles. The van der Waals surface area contributed by atoms with Gasteiger partial charge < -0.3 is 10.6 Å². The third-order valence-electron chi connectivity index (χ3n) is 9.17. The molecule has 2 N–H and O–H groups in total. The van der Waals surface area contributed by atoms with Gasteiger partial charge in [-0.3, -0.25) is 4.98 Å². The second kappa shape index (κ2) is 9.67. The topological polar surface area (TPSA) is 75.6 Å². The maximum Gasteiger partial charge on any atom is 0.225 e. The molecule has 3 heterocycles. The van der Waals surface area contributed by atoms with Crippen LogP contribution < -0.4 is 10.6 Å². The highest BCUT2D eigenvalue weighted by Gasteiger charge is 2.50. The lowest BCUT2D eigenvalue weighted by Crippen LogP contribution is -2.31. The molecule has 4 fully saturated rings. The van der Waals surface area contributed by atoms with Gasteiger partial charge in [0.1, 0.15) is 16.3 Å². The Morgan fingerprint density at radius 1 is 1.05 bits per heavy atom. The van der Waals surface area contributed by atoms with Crippen molar-refractivity contribution in [3.63, 3.8) is 0 Å². The lowest BCUT2D eigenvalue weighted by Gasteiger charge is -2.25. The number of hydrogen-bond acceptors (Lipinski definition) is 8. The molecule has 4 aliphatic rings. The largest absolute Gasteiger partial charge is 0.367 e. The van der Waals surface area contributed by atoms with Gasteiger partial charge in [0.05, 0.1) is 21.7 Å². The Morgan fingerprint density at radius 2 is 1.89 bits per heavy atom. The predicted octanol–water partition coefficient (Wildman–Crippen LogP) is 7.41. The predicted molar refractivity (Wildman–Crippen MR) is 156 cm³/mol. The number of thioether (sulfide) groups is 1. The van der Waals surface area contributed by atoms with Gasteiger partial charge in [0.15, 0.2) is 0 Å². The molecule has 6 nitrogen and oxygen atoms in total. The van der Waals surface area contributed by atoms with Crippen molar-refractivity contribution in [2.45, 2.75) is 95.1 Å². The molecule has 3 aromatic rings. The van der Waals surface area contributed by atoms with Gasteiger partial charge in [0.2, 0.25) is 5.95 Å². The standard InChI is InChI=1S/C29H38N6S2/c1-17-23(27-33-25-22(37-27)11-14-30-24(25)19-8-9-19)26(32-21-10-7-18(15-21)16-36-2)34-28(31-17)35-29(12-13-29)20-5-3-4-6-20/h11,14,18-21H,3-10,12-13,15-16H2,1-2H3,(H2,31,32,34,35).